The molecule has 0 spiro atoms. The lowest BCUT2D eigenvalue weighted by Crippen LogP contribution is -2.45. The van der Waals surface area contributed by atoms with Crippen molar-refractivity contribution in [3.8, 4) is 5.75 Å². The fraction of sp³-hybridized carbons (Fsp3) is 0.429. The van der Waals surface area contributed by atoms with Crippen LogP contribution in [0.25, 0.3) is 0 Å². The topological polar surface area (TPSA) is 38.5 Å². The number of likely N-dealkylation sites (N-methyl/N-ethyl adjacent to an activating group) is 1. The van der Waals surface area contributed by atoms with E-state index in [2.05, 4.69) is 60.5 Å². The highest BCUT2D eigenvalue weighted by molar-refractivity contribution is 5.37. The van der Waals surface area contributed by atoms with E-state index in [1.165, 1.54) is 30.5 Å². The van der Waals surface area contributed by atoms with Crippen molar-refractivity contribution in [2.24, 2.45) is 5.73 Å². The van der Waals surface area contributed by atoms with E-state index in [-0.39, 0.29) is 5.41 Å². The first kappa shape index (κ1) is 17.0. The molecule has 3 rings (SSSR count). The number of benzene rings is 2. The minimum Gasteiger partial charge on any atom is -0.492 e. The van der Waals surface area contributed by atoms with Crippen LogP contribution < -0.4 is 10.5 Å². The second kappa shape index (κ2) is 7.82. The minimum atomic E-state index is 0.149. The Morgan fingerprint density at radius 3 is 2.71 bits per heavy atom. The summed E-state index contributed by atoms with van der Waals surface area (Å²) in [7, 11) is 2.23. The number of likely N-dealkylation sites (tertiary alicyclic amines) is 1. The Hall–Kier alpha value is -1.84. The van der Waals surface area contributed by atoms with E-state index in [4.69, 9.17) is 10.5 Å². The lowest BCUT2D eigenvalue weighted by atomic mass is 9.70. The monoisotopic (exact) mass is 324 g/mol. The lowest BCUT2D eigenvalue weighted by Gasteiger charge is -2.42. The molecule has 1 unspecified atom stereocenters. The van der Waals surface area contributed by atoms with Gasteiger partial charge < -0.3 is 15.4 Å². The fourth-order valence-electron chi connectivity index (χ4n) is 3.92. The molecule has 0 bridgehead atoms. The van der Waals surface area contributed by atoms with Crippen molar-refractivity contribution in [2.75, 3.05) is 33.3 Å². The molecule has 2 aromatic rings. The second-order valence-electron chi connectivity index (χ2n) is 6.95. The molecular formula is C21H28N2O. The summed E-state index contributed by atoms with van der Waals surface area (Å²) >= 11 is 0. The molecular weight excluding hydrogens is 296 g/mol. The van der Waals surface area contributed by atoms with Gasteiger partial charge in [-0.05, 0) is 56.1 Å². The van der Waals surface area contributed by atoms with Crippen molar-refractivity contribution in [1.29, 1.82) is 0 Å². The van der Waals surface area contributed by atoms with Gasteiger partial charge in [0.15, 0.2) is 0 Å². The predicted octanol–water partition coefficient (Wildman–Crippen LogP) is 3.23. The Morgan fingerprint density at radius 1 is 1.12 bits per heavy atom. The molecule has 3 heteroatoms. The van der Waals surface area contributed by atoms with Gasteiger partial charge in [-0.1, -0.05) is 42.5 Å². The zero-order valence-electron chi connectivity index (χ0n) is 14.6. The summed E-state index contributed by atoms with van der Waals surface area (Å²) in [4.78, 5) is 2.46. The molecule has 1 aliphatic heterocycles. The van der Waals surface area contributed by atoms with E-state index in [0.29, 0.717) is 13.2 Å². The van der Waals surface area contributed by atoms with Gasteiger partial charge in [-0.25, -0.2) is 0 Å². The molecule has 0 aromatic heterocycles. The predicted molar refractivity (Wildman–Crippen MR) is 99.5 cm³/mol. The van der Waals surface area contributed by atoms with Crippen LogP contribution in [0.1, 0.15) is 24.0 Å². The Morgan fingerprint density at radius 2 is 1.96 bits per heavy atom. The van der Waals surface area contributed by atoms with Gasteiger partial charge in [0.2, 0.25) is 0 Å². The summed E-state index contributed by atoms with van der Waals surface area (Å²) in [6.45, 7) is 3.37. The number of hydrogen-bond acceptors (Lipinski definition) is 3. The van der Waals surface area contributed by atoms with E-state index < -0.39 is 0 Å². The first-order chi connectivity index (χ1) is 11.7. The highest BCUT2D eigenvalue weighted by atomic mass is 16.5. The SMILES string of the molecule is CN1CCCC(Cc2ccccc2)(c2cccc(OCCN)c2)C1. The van der Waals surface area contributed by atoms with Gasteiger partial charge in [0, 0.05) is 18.5 Å². The van der Waals surface area contributed by atoms with Crippen molar-refractivity contribution in [3.63, 3.8) is 0 Å². The molecule has 0 saturated carbocycles. The smallest absolute Gasteiger partial charge is 0.119 e. The van der Waals surface area contributed by atoms with E-state index in [1.807, 2.05) is 6.07 Å². The second-order valence-corrected chi connectivity index (χ2v) is 6.95. The molecule has 24 heavy (non-hydrogen) atoms. The summed E-state index contributed by atoms with van der Waals surface area (Å²) in [6, 6.07) is 19.5. The van der Waals surface area contributed by atoms with Gasteiger partial charge in [-0.2, -0.15) is 0 Å². The van der Waals surface area contributed by atoms with Crippen molar-refractivity contribution < 1.29 is 4.74 Å². The largest absolute Gasteiger partial charge is 0.492 e. The molecule has 2 N–H and O–H groups in total. The molecule has 1 fully saturated rings. The molecule has 128 valence electrons. The molecule has 2 aromatic carbocycles. The van der Waals surface area contributed by atoms with Crippen molar-refractivity contribution in [2.45, 2.75) is 24.7 Å². The van der Waals surface area contributed by atoms with Gasteiger partial charge in [0.05, 0.1) is 0 Å². The third-order valence-electron chi connectivity index (χ3n) is 4.99. The lowest BCUT2D eigenvalue weighted by molar-refractivity contribution is 0.173. The third-order valence-corrected chi connectivity index (χ3v) is 4.99. The summed E-state index contributed by atoms with van der Waals surface area (Å²) in [5, 5.41) is 0. The first-order valence-electron chi connectivity index (χ1n) is 8.88. The Balaban J connectivity index is 1.92. The maximum absolute atomic E-state index is 5.77. The Kier molecular flexibility index (Phi) is 5.54. The highest BCUT2D eigenvalue weighted by Crippen LogP contribution is 2.38. The normalized spacial score (nSPS) is 21.6. The van der Waals surface area contributed by atoms with Gasteiger partial charge in [-0.15, -0.1) is 0 Å². The van der Waals surface area contributed by atoms with Crippen LogP contribution in [0.5, 0.6) is 5.75 Å². The van der Waals surface area contributed by atoms with E-state index in [0.717, 1.165) is 18.7 Å². The fourth-order valence-corrected chi connectivity index (χ4v) is 3.92. The molecule has 0 aliphatic carbocycles. The number of hydrogen-bond donors (Lipinski definition) is 1. The quantitative estimate of drug-likeness (QED) is 0.886. The number of ether oxygens (including phenoxy) is 1. The highest BCUT2D eigenvalue weighted by Gasteiger charge is 2.36. The average molecular weight is 324 g/mol. The van der Waals surface area contributed by atoms with Crippen LogP contribution in [0.2, 0.25) is 0 Å². The first-order valence-corrected chi connectivity index (χ1v) is 8.88. The van der Waals surface area contributed by atoms with Crippen LogP contribution in [-0.4, -0.2) is 38.2 Å². The number of nitrogens with zero attached hydrogens (tertiary/aromatic N) is 1. The van der Waals surface area contributed by atoms with Crippen molar-refractivity contribution in [3.05, 3.63) is 65.7 Å². The van der Waals surface area contributed by atoms with Gasteiger partial charge in [0.25, 0.3) is 0 Å². The number of rotatable bonds is 6. The molecule has 1 saturated heterocycles. The third kappa shape index (κ3) is 3.97. The molecule has 3 nitrogen and oxygen atoms in total. The zero-order valence-corrected chi connectivity index (χ0v) is 14.6. The van der Waals surface area contributed by atoms with Crippen LogP contribution >= 0.6 is 0 Å². The van der Waals surface area contributed by atoms with E-state index in [9.17, 15) is 0 Å². The van der Waals surface area contributed by atoms with Crippen LogP contribution in [0.4, 0.5) is 0 Å². The van der Waals surface area contributed by atoms with E-state index >= 15 is 0 Å². The maximum Gasteiger partial charge on any atom is 0.119 e. The average Bonchev–Trinajstić information content (AvgIpc) is 2.61. The van der Waals surface area contributed by atoms with Gasteiger partial charge >= 0.3 is 0 Å². The van der Waals surface area contributed by atoms with Crippen LogP contribution in [0.3, 0.4) is 0 Å². The summed E-state index contributed by atoms with van der Waals surface area (Å²) < 4.78 is 5.77. The Labute approximate surface area is 145 Å². The standard InChI is InChI=1S/C21H28N2O/c1-23-13-6-11-21(17-23,16-18-7-3-2-4-8-18)19-9-5-10-20(15-19)24-14-12-22/h2-5,7-10,15H,6,11-14,16-17,22H2,1H3. The van der Waals surface area contributed by atoms with Crippen molar-refractivity contribution in [1.82, 2.24) is 4.90 Å². The molecule has 0 radical (unpaired) electrons. The summed E-state index contributed by atoms with van der Waals surface area (Å²) in [5.74, 6) is 0.929. The van der Waals surface area contributed by atoms with Gasteiger partial charge in [-0.3, -0.25) is 0 Å². The van der Waals surface area contributed by atoms with Crippen LogP contribution in [0, 0.1) is 0 Å². The molecule has 0 amide bonds. The van der Waals surface area contributed by atoms with Crippen LogP contribution in [0.15, 0.2) is 54.6 Å². The van der Waals surface area contributed by atoms with Crippen molar-refractivity contribution >= 4 is 0 Å². The number of piperidine rings is 1. The van der Waals surface area contributed by atoms with E-state index in [1.54, 1.807) is 0 Å². The van der Waals surface area contributed by atoms with Crippen LogP contribution in [-0.2, 0) is 11.8 Å². The summed E-state index contributed by atoms with van der Waals surface area (Å²) in [6.07, 6.45) is 3.52. The maximum atomic E-state index is 5.77. The molecule has 1 heterocycles. The summed E-state index contributed by atoms with van der Waals surface area (Å²) in [5.41, 5.74) is 8.51. The Bertz CT molecular complexity index is 643. The minimum absolute atomic E-state index is 0.149. The van der Waals surface area contributed by atoms with Gasteiger partial charge in [0.1, 0.15) is 12.4 Å². The number of nitrogens with two attached hydrogens (primary N) is 1. The molecule has 1 atom stereocenters. The zero-order chi connectivity index (χ0) is 16.8. The molecule has 1 aliphatic rings.